The summed E-state index contributed by atoms with van der Waals surface area (Å²) in [6.45, 7) is 3.93. The van der Waals surface area contributed by atoms with Gasteiger partial charge in [-0.1, -0.05) is 29.8 Å². The first-order valence-corrected chi connectivity index (χ1v) is 9.66. The molecule has 1 heterocycles. The second-order valence-electron chi connectivity index (χ2n) is 6.93. The highest BCUT2D eigenvalue weighted by Crippen LogP contribution is 2.25. The number of nitrogens with one attached hydrogen (secondary N) is 1. The third-order valence-electron chi connectivity index (χ3n) is 4.59. The summed E-state index contributed by atoms with van der Waals surface area (Å²) in [5, 5.41) is 7.73. The topological polar surface area (TPSA) is 59.8 Å². The molecule has 0 fully saturated rings. The van der Waals surface area contributed by atoms with Crippen molar-refractivity contribution in [1.29, 1.82) is 0 Å². The molecule has 0 bridgehead atoms. The van der Waals surface area contributed by atoms with Crippen LogP contribution in [0.1, 0.15) is 21.7 Å². The second-order valence-corrected chi connectivity index (χ2v) is 7.37. The fraction of sp³-hybridized carbons (Fsp3) is 0.0870. The molecule has 0 unspecified atom stereocenters. The van der Waals surface area contributed by atoms with Crippen molar-refractivity contribution in [3.8, 4) is 17.1 Å². The number of rotatable bonds is 4. The first-order valence-electron chi connectivity index (χ1n) is 9.28. The number of aromatic nitrogens is 3. The molecule has 3 aromatic carbocycles. The summed E-state index contributed by atoms with van der Waals surface area (Å²) in [6.07, 6.45) is 0. The fourth-order valence-electron chi connectivity index (χ4n) is 3.06. The van der Waals surface area contributed by atoms with Crippen LogP contribution in [0.4, 0.5) is 10.1 Å². The molecule has 0 aliphatic rings. The smallest absolute Gasteiger partial charge is 0.295 e. The van der Waals surface area contributed by atoms with Crippen molar-refractivity contribution in [2.45, 2.75) is 13.8 Å². The lowest BCUT2D eigenvalue weighted by Gasteiger charge is -2.10. The minimum atomic E-state index is -0.468. The van der Waals surface area contributed by atoms with E-state index in [2.05, 4.69) is 15.4 Å². The van der Waals surface area contributed by atoms with Crippen molar-refractivity contribution in [1.82, 2.24) is 14.8 Å². The summed E-state index contributed by atoms with van der Waals surface area (Å²) < 4.78 is 15.0. The minimum Gasteiger partial charge on any atom is -0.319 e. The number of hydrogen-bond donors (Lipinski definition) is 1. The Hall–Kier alpha value is -3.51. The summed E-state index contributed by atoms with van der Waals surface area (Å²) in [5.74, 6) is -0.379. The van der Waals surface area contributed by atoms with E-state index in [1.807, 2.05) is 32.0 Å². The van der Waals surface area contributed by atoms with Crippen molar-refractivity contribution in [2.75, 3.05) is 5.32 Å². The highest BCUT2D eigenvalue weighted by molar-refractivity contribution is 6.30. The normalized spacial score (nSPS) is 10.8. The van der Waals surface area contributed by atoms with Crippen LogP contribution in [0.3, 0.4) is 0 Å². The van der Waals surface area contributed by atoms with Gasteiger partial charge in [-0.2, -0.15) is 0 Å². The van der Waals surface area contributed by atoms with Gasteiger partial charge >= 0.3 is 0 Å². The average molecular weight is 421 g/mol. The maximum atomic E-state index is 13.4. The average Bonchev–Trinajstić information content (AvgIpc) is 3.16. The van der Waals surface area contributed by atoms with E-state index in [9.17, 15) is 9.18 Å². The first-order chi connectivity index (χ1) is 14.4. The number of amides is 1. The summed E-state index contributed by atoms with van der Waals surface area (Å²) in [6, 6.07) is 18.7. The summed E-state index contributed by atoms with van der Waals surface area (Å²) in [4.78, 5) is 17.3. The SMILES string of the molecule is Cc1ccc(C)c(-n2nc(C(=O)Nc3cccc(Cl)c3)nc2-c2ccc(F)cc2)c1. The van der Waals surface area contributed by atoms with Gasteiger partial charge in [0.15, 0.2) is 5.82 Å². The van der Waals surface area contributed by atoms with E-state index in [1.165, 1.54) is 12.1 Å². The fourth-order valence-corrected chi connectivity index (χ4v) is 3.25. The summed E-state index contributed by atoms with van der Waals surface area (Å²) >= 11 is 5.99. The molecule has 1 amide bonds. The molecule has 0 saturated carbocycles. The number of hydrogen-bond acceptors (Lipinski definition) is 3. The van der Waals surface area contributed by atoms with Crippen LogP contribution in [0.25, 0.3) is 17.1 Å². The number of benzene rings is 3. The summed E-state index contributed by atoms with van der Waals surface area (Å²) in [7, 11) is 0. The third-order valence-corrected chi connectivity index (χ3v) is 4.82. The Balaban J connectivity index is 1.80. The number of carbonyl (C=O) groups excluding carboxylic acids is 1. The maximum Gasteiger partial charge on any atom is 0.295 e. The van der Waals surface area contributed by atoms with E-state index in [1.54, 1.807) is 41.1 Å². The molecular weight excluding hydrogens is 403 g/mol. The molecule has 0 aliphatic carbocycles. The molecular formula is C23H18ClFN4O. The molecule has 0 saturated heterocycles. The molecule has 30 heavy (non-hydrogen) atoms. The maximum absolute atomic E-state index is 13.4. The Morgan fingerprint density at radius 1 is 1.03 bits per heavy atom. The lowest BCUT2D eigenvalue weighted by atomic mass is 10.1. The Morgan fingerprint density at radius 2 is 1.80 bits per heavy atom. The van der Waals surface area contributed by atoms with E-state index < -0.39 is 5.91 Å². The molecule has 4 rings (SSSR count). The van der Waals surface area contributed by atoms with Gasteiger partial charge in [0.1, 0.15) is 5.82 Å². The van der Waals surface area contributed by atoms with Gasteiger partial charge in [0, 0.05) is 16.3 Å². The van der Waals surface area contributed by atoms with E-state index in [4.69, 9.17) is 11.6 Å². The molecule has 1 aromatic heterocycles. The predicted molar refractivity (Wildman–Crippen MR) is 116 cm³/mol. The van der Waals surface area contributed by atoms with Crippen LogP contribution in [0.15, 0.2) is 66.7 Å². The second kappa shape index (κ2) is 8.08. The molecule has 1 N–H and O–H groups in total. The first kappa shape index (κ1) is 19.8. The van der Waals surface area contributed by atoms with Crippen molar-refractivity contribution < 1.29 is 9.18 Å². The lowest BCUT2D eigenvalue weighted by molar-refractivity contribution is 0.101. The van der Waals surface area contributed by atoms with Gasteiger partial charge < -0.3 is 5.32 Å². The Bertz CT molecular complexity index is 1230. The van der Waals surface area contributed by atoms with Crippen LogP contribution in [0.2, 0.25) is 5.02 Å². The van der Waals surface area contributed by atoms with Crippen LogP contribution in [0, 0.1) is 19.7 Å². The molecule has 0 atom stereocenters. The van der Waals surface area contributed by atoms with Gasteiger partial charge in [-0.3, -0.25) is 4.79 Å². The lowest BCUT2D eigenvalue weighted by Crippen LogP contribution is -2.14. The molecule has 0 spiro atoms. The van der Waals surface area contributed by atoms with Crippen LogP contribution in [0.5, 0.6) is 0 Å². The number of anilines is 1. The highest BCUT2D eigenvalue weighted by Gasteiger charge is 2.20. The van der Waals surface area contributed by atoms with Gasteiger partial charge in [-0.15, -0.1) is 5.10 Å². The number of halogens is 2. The van der Waals surface area contributed by atoms with Crippen molar-refractivity contribution >= 4 is 23.2 Å². The van der Waals surface area contributed by atoms with E-state index >= 15 is 0 Å². The van der Waals surface area contributed by atoms with Gasteiger partial charge in [0.2, 0.25) is 5.82 Å². The van der Waals surface area contributed by atoms with Gasteiger partial charge in [0.25, 0.3) is 5.91 Å². The number of aryl methyl sites for hydroxylation is 2. The zero-order valence-corrected chi connectivity index (χ0v) is 17.1. The van der Waals surface area contributed by atoms with Crippen molar-refractivity contribution in [3.63, 3.8) is 0 Å². The predicted octanol–water partition coefficient (Wildman–Crippen LogP) is 5.60. The van der Waals surface area contributed by atoms with E-state index in [0.717, 1.165) is 16.8 Å². The molecule has 150 valence electrons. The van der Waals surface area contributed by atoms with Crippen LogP contribution in [-0.4, -0.2) is 20.7 Å². The van der Waals surface area contributed by atoms with Gasteiger partial charge in [-0.25, -0.2) is 14.1 Å². The number of nitrogens with zero attached hydrogens (tertiary/aromatic N) is 3. The Labute approximate surface area is 178 Å². The van der Waals surface area contributed by atoms with E-state index in [-0.39, 0.29) is 11.6 Å². The monoisotopic (exact) mass is 420 g/mol. The zero-order valence-electron chi connectivity index (χ0n) is 16.4. The number of carbonyl (C=O) groups is 1. The van der Waals surface area contributed by atoms with Crippen LogP contribution < -0.4 is 5.32 Å². The van der Waals surface area contributed by atoms with Gasteiger partial charge in [0.05, 0.1) is 5.69 Å². The standard InChI is InChI=1S/C23H18ClFN4O/c1-14-6-7-15(2)20(12-14)29-22(16-8-10-18(25)11-9-16)27-21(28-29)23(30)26-19-5-3-4-17(24)13-19/h3-13H,1-2H3,(H,26,30). The zero-order chi connectivity index (χ0) is 21.3. The molecule has 5 nitrogen and oxygen atoms in total. The van der Waals surface area contributed by atoms with Crippen LogP contribution >= 0.6 is 11.6 Å². The van der Waals surface area contributed by atoms with Crippen LogP contribution in [-0.2, 0) is 0 Å². The third kappa shape index (κ3) is 4.09. The molecule has 7 heteroatoms. The summed E-state index contributed by atoms with van der Waals surface area (Å²) in [5.41, 5.74) is 3.99. The molecule has 4 aromatic rings. The molecule has 0 radical (unpaired) electrons. The quantitative estimate of drug-likeness (QED) is 0.467. The largest absolute Gasteiger partial charge is 0.319 e. The highest BCUT2D eigenvalue weighted by atomic mass is 35.5. The Kier molecular flexibility index (Phi) is 5.33. The minimum absolute atomic E-state index is 0.00444. The van der Waals surface area contributed by atoms with Crippen molar-refractivity contribution in [3.05, 3.63) is 94.5 Å². The van der Waals surface area contributed by atoms with Crippen molar-refractivity contribution in [2.24, 2.45) is 0 Å². The van der Waals surface area contributed by atoms with E-state index in [0.29, 0.717) is 22.1 Å². The van der Waals surface area contributed by atoms with Gasteiger partial charge in [-0.05, 0) is 73.5 Å². The molecule has 0 aliphatic heterocycles. The Morgan fingerprint density at radius 3 is 2.53 bits per heavy atom.